The van der Waals surface area contributed by atoms with Gasteiger partial charge in [0.15, 0.2) is 0 Å². The third kappa shape index (κ3) is 5.14. The third-order valence-corrected chi connectivity index (χ3v) is 5.25. The summed E-state index contributed by atoms with van der Waals surface area (Å²) in [6, 6.07) is 13.6. The molecule has 1 aromatic heterocycles. The highest BCUT2D eigenvalue weighted by molar-refractivity contribution is 7.12. The molecule has 0 bridgehead atoms. The summed E-state index contributed by atoms with van der Waals surface area (Å²) in [7, 11) is 0. The molecule has 1 N–H and O–H groups in total. The van der Waals surface area contributed by atoms with Crippen molar-refractivity contribution in [2.24, 2.45) is 0 Å². The summed E-state index contributed by atoms with van der Waals surface area (Å²) in [4.78, 5) is 29.2. The molecule has 5 nitrogen and oxygen atoms in total. The van der Waals surface area contributed by atoms with Gasteiger partial charge in [-0.25, -0.2) is 0 Å². The molecule has 0 atom stereocenters. The van der Waals surface area contributed by atoms with Gasteiger partial charge in [0.25, 0.3) is 5.91 Å². The van der Waals surface area contributed by atoms with E-state index in [9.17, 15) is 9.59 Å². The van der Waals surface area contributed by atoms with Gasteiger partial charge < -0.3 is 10.2 Å². The van der Waals surface area contributed by atoms with Gasteiger partial charge in [0.1, 0.15) is 0 Å². The van der Waals surface area contributed by atoms with Gasteiger partial charge in [-0.05, 0) is 17.0 Å². The van der Waals surface area contributed by atoms with E-state index < -0.39 is 0 Å². The lowest BCUT2D eigenvalue weighted by molar-refractivity contribution is -0.132. The lowest BCUT2D eigenvalue weighted by atomic mass is 10.1. The number of hydrogen-bond acceptors (Lipinski definition) is 4. The number of amides is 2. The van der Waals surface area contributed by atoms with Gasteiger partial charge >= 0.3 is 0 Å². The van der Waals surface area contributed by atoms with Crippen molar-refractivity contribution in [2.75, 3.05) is 39.3 Å². The summed E-state index contributed by atoms with van der Waals surface area (Å²) in [5.74, 6) is 0.184. The molecule has 6 heteroatoms. The molecule has 1 aromatic carbocycles. The predicted octanol–water partition coefficient (Wildman–Crippen LogP) is 1.86. The zero-order valence-corrected chi connectivity index (χ0v) is 15.0. The van der Waals surface area contributed by atoms with Crippen molar-refractivity contribution < 1.29 is 9.59 Å². The van der Waals surface area contributed by atoms with Gasteiger partial charge in [-0.1, -0.05) is 36.4 Å². The number of rotatable bonds is 6. The molecule has 25 heavy (non-hydrogen) atoms. The predicted molar refractivity (Wildman–Crippen MR) is 99.8 cm³/mol. The van der Waals surface area contributed by atoms with Gasteiger partial charge in [-0.2, -0.15) is 0 Å². The van der Waals surface area contributed by atoms with Crippen LogP contribution in [0.4, 0.5) is 0 Å². The summed E-state index contributed by atoms with van der Waals surface area (Å²) in [5.41, 5.74) is 1.06. The van der Waals surface area contributed by atoms with Crippen molar-refractivity contribution in [1.82, 2.24) is 15.1 Å². The zero-order valence-electron chi connectivity index (χ0n) is 14.2. The number of piperazine rings is 1. The number of hydrogen-bond donors (Lipinski definition) is 1. The molecule has 1 saturated heterocycles. The monoisotopic (exact) mass is 357 g/mol. The molecule has 2 amide bonds. The fourth-order valence-corrected chi connectivity index (χ4v) is 3.57. The lowest BCUT2D eigenvalue weighted by Crippen LogP contribution is -2.50. The average molecular weight is 357 g/mol. The van der Waals surface area contributed by atoms with E-state index in [1.165, 1.54) is 11.3 Å². The second kappa shape index (κ2) is 8.78. The molecule has 2 heterocycles. The maximum absolute atomic E-state index is 12.4. The Morgan fingerprint density at radius 3 is 2.44 bits per heavy atom. The first kappa shape index (κ1) is 17.6. The van der Waals surface area contributed by atoms with Gasteiger partial charge in [-0.3, -0.25) is 14.5 Å². The summed E-state index contributed by atoms with van der Waals surface area (Å²) in [5, 5.41) is 4.85. The van der Waals surface area contributed by atoms with Crippen LogP contribution >= 0.6 is 11.3 Å². The highest BCUT2D eigenvalue weighted by Gasteiger charge is 2.21. The van der Waals surface area contributed by atoms with Crippen molar-refractivity contribution in [3.05, 3.63) is 58.3 Å². The van der Waals surface area contributed by atoms with E-state index in [0.29, 0.717) is 13.0 Å². The van der Waals surface area contributed by atoms with Crippen molar-refractivity contribution in [1.29, 1.82) is 0 Å². The van der Waals surface area contributed by atoms with Crippen LogP contribution in [-0.2, 0) is 11.2 Å². The van der Waals surface area contributed by atoms with E-state index in [1.807, 2.05) is 52.7 Å². The summed E-state index contributed by atoms with van der Waals surface area (Å²) in [6.45, 7) is 4.67. The number of benzene rings is 1. The van der Waals surface area contributed by atoms with E-state index in [4.69, 9.17) is 0 Å². The maximum atomic E-state index is 12.4. The van der Waals surface area contributed by atoms with E-state index in [2.05, 4.69) is 10.2 Å². The molecule has 0 spiro atoms. The van der Waals surface area contributed by atoms with Crippen LogP contribution in [0.3, 0.4) is 0 Å². The van der Waals surface area contributed by atoms with Gasteiger partial charge in [0.2, 0.25) is 5.91 Å². The van der Waals surface area contributed by atoms with Crippen LogP contribution in [-0.4, -0.2) is 60.9 Å². The van der Waals surface area contributed by atoms with Crippen LogP contribution in [0.5, 0.6) is 0 Å². The minimum atomic E-state index is -0.00771. The SMILES string of the molecule is O=C(NCCN1CCN(C(=O)Cc2ccccc2)CC1)c1cccs1. The van der Waals surface area contributed by atoms with Crippen molar-refractivity contribution >= 4 is 23.2 Å². The number of nitrogens with one attached hydrogen (secondary N) is 1. The molecule has 0 radical (unpaired) electrons. The molecule has 1 fully saturated rings. The first-order chi connectivity index (χ1) is 12.2. The van der Waals surface area contributed by atoms with E-state index >= 15 is 0 Å². The Morgan fingerprint density at radius 2 is 1.76 bits per heavy atom. The zero-order chi connectivity index (χ0) is 17.5. The van der Waals surface area contributed by atoms with Gasteiger partial charge in [0, 0.05) is 39.3 Å². The minimum absolute atomic E-state index is 0.00771. The standard InChI is InChI=1S/C19H23N3O2S/c23-18(15-16-5-2-1-3-6-16)22-12-10-21(11-13-22)9-8-20-19(24)17-7-4-14-25-17/h1-7,14H,8-13,15H2,(H,20,24). The summed E-state index contributed by atoms with van der Waals surface area (Å²) in [6.07, 6.45) is 0.470. The normalized spacial score (nSPS) is 15.1. The summed E-state index contributed by atoms with van der Waals surface area (Å²) >= 11 is 1.45. The molecule has 1 aliphatic heterocycles. The smallest absolute Gasteiger partial charge is 0.261 e. The van der Waals surface area contributed by atoms with Gasteiger partial charge in [0.05, 0.1) is 11.3 Å². The molecule has 0 saturated carbocycles. The summed E-state index contributed by atoms with van der Waals surface area (Å²) < 4.78 is 0. The quantitative estimate of drug-likeness (QED) is 0.859. The lowest BCUT2D eigenvalue weighted by Gasteiger charge is -2.34. The largest absolute Gasteiger partial charge is 0.350 e. The first-order valence-electron chi connectivity index (χ1n) is 8.58. The molecular formula is C19H23N3O2S. The minimum Gasteiger partial charge on any atom is -0.350 e. The van der Waals surface area contributed by atoms with Gasteiger partial charge in [-0.15, -0.1) is 11.3 Å². The molecule has 1 aliphatic rings. The average Bonchev–Trinajstić information content (AvgIpc) is 3.18. The van der Waals surface area contributed by atoms with E-state index in [1.54, 1.807) is 0 Å². The third-order valence-electron chi connectivity index (χ3n) is 4.38. The molecular weight excluding hydrogens is 334 g/mol. The van der Waals surface area contributed by atoms with Crippen molar-refractivity contribution in [3.8, 4) is 0 Å². The van der Waals surface area contributed by atoms with Crippen LogP contribution in [0.25, 0.3) is 0 Å². The van der Waals surface area contributed by atoms with Crippen LogP contribution < -0.4 is 5.32 Å². The molecule has 132 valence electrons. The van der Waals surface area contributed by atoms with Crippen LogP contribution in [0, 0.1) is 0 Å². The molecule has 0 aliphatic carbocycles. The van der Waals surface area contributed by atoms with Crippen molar-refractivity contribution in [3.63, 3.8) is 0 Å². The van der Waals surface area contributed by atoms with Crippen LogP contribution in [0.2, 0.25) is 0 Å². The Labute approximate surface area is 152 Å². The van der Waals surface area contributed by atoms with Crippen LogP contribution in [0.1, 0.15) is 15.2 Å². The maximum Gasteiger partial charge on any atom is 0.261 e. The molecule has 3 rings (SSSR count). The highest BCUT2D eigenvalue weighted by Crippen LogP contribution is 2.08. The molecule has 0 unspecified atom stereocenters. The number of carbonyl (C=O) groups is 2. The van der Waals surface area contributed by atoms with E-state index in [0.717, 1.165) is 43.2 Å². The fraction of sp³-hybridized carbons (Fsp3) is 0.368. The Balaban J connectivity index is 1.35. The number of carbonyl (C=O) groups excluding carboxylic acids is 2. The Hall–Kier alpha value is -2.18. The second-order valence-corrected chi connectivity index (χ2v) is 7.07. The number of thiophene rings is 1. The Morgan fingerprint density at radius 1 is 1.00 bits per heavy atom. The van der Waals surface area contributed by atoms with Crippen LogP contribution in [0.15, 0.2) is 47.8 Å². The first-order valence-corrected chi connectivity index (χ1v) is 9.46. The van der Waals surface area contributed by atoms with E-state index in [-0.39, 0.29) is 11.8 Å². The Bertz CT molecular complexity index is 680. The Kier molecular flexibility index (Phi) is 6.19. The molecule has 2 aromatic rings. The topological polar surface area (TPSA) is 52.7 Å². The van der Waals surface area contributed by atoms with Crippen molar-refractivity contribution in [2.45, 2.75) is 6.42 Å². The second-order valence-electron chi connectivity index (χ2n) is 6.12. The highest BCUT2D eigenvalue weighted by atomic mass is 32.1. The fourth-order valence-electron chi connectivity index (χ4n) is 2.93. The number of nitrogens with zero attached hydrogens (tertiary/aromatic N) is 2.